The number of carbonyl (C=O) groups excluding carboxylic acids is 1. The van der Waals surface area contributed by atoms with Crippen molar-refractivity contribution in [3.05, 3.63) is 92.8 Å². The topological polar surface area (TPSA) is 119 Å². The fraction of sp³-hybridized carbons (Fsp3) is 0.250. The van der Waals surface area contributed by atoms with Gasteiger partial charge < -0.3 is 15.2 Å². The number of nitro groups is 1. The average Bonchev–Trinajstić information content (AvgIpc) is 2.78. The summed E-state index contributed by atoms with van der Waals surface area (Å²) in [6, 6.07) is 15.5. The van der Waals surface area contributed by atoms with E-state index in [4.69, 9.17) is 4.74 Å². The molecule has 172 valence electrons. The van der Waals surface area contributed by atoms with Gasteiger partial charge >= 0.3 is 11.9 Å². The second-order valence-corrected chi connectivity index (χ2v) is 8.61. The standard InChI is InChI=1S/C24H24N2O6S/c1-15-20(23(27)28)22(17-8-6-9-18(14-17)26(30)31)21(16(2)25-15)24(29)32-12-7-13-33-19-10-4-3-5-11-19/h3-6,8-11,14,22,25H,7,12-13H2,1-2H3,(H,27,28). The molecule has 8 nitrogen and oxygen atoms in total. The molecule has 0 amide bonds. The summed E-state index contributed by atoms with van der Waals surface area (Å²) in [4.78, 5) is 36.9. The number of aliphatic carboxylic acids is 1. The molecule has 33 heavy (non-hydrogen) atoms. The summed E-state index contributed by atoms with van der Waals surface area (Å²) in [5, 5.41) is 24.1. The first-order chi connectivity index (χ1) is 15.8. The zero-order valence-corrected chi connectivity index (χ0v) is 19.1. The Morgan fingerprint density at radius 3 is 2.45 bits per heavy atom. The molecule has 0 bridgehead atoms. The van der Waals surface area contributed by atoms with Gasteiger partial charge in [-0.2, -0.15) is 0 Å². The van der Waals surface area contributed by atoms with Gasteiger partial charge in [0.25, 0.3) is 5.69 Å². The van der Waals surface area contributed by atoms with Crippen LogP contribution in [0.4, 0.5) is 5.69 Å². The molecule has 1 aliphatic heterocycles. The lowest BCUT2D eigenvalue weighted by Crippen LogP contribution is -2.32. The van der Waals surface area contributed by atoms with E-state index < -0.39 is 22.8 Å². The first-order valence-electron chi connectivity index (χ1n) is 10.3. The molecule has 0 radical (unpaired) electrons. The number of esters is 1. The Morgan fingerprint density at radius 1 is 1.09 bits per heavy atom. The van der Waals surface area contributed by atoms with Crippen LogP contribution in [0.25, 0.3) is 0 Å². The number of nitrogens with one attached hydrogen (secondary N) is 1. The highest BCUT2D eigenvalue weighted by atomic mass is 32.2. The Morgan fingerprint density at radius 2 is 1.79 bits per heavy atom. The third-order valence-electron chi connectivity index (χ3n) is 5.16. The summed E-state index contributed by atoms with van der Waals surface area (Å²) < 4.78 is 5.48. The smallest absolute Gasteiger partial charge is 0.336 e. The van der Waals surface area contributed by atoms with Gasteiger partial charge in [-0.25, -0.2) is 9.59 Å². The number of carboxylic acid groups (broad SMARTS) is 1. The van der Waals surface area contributed by atoms with Crippen molar-refractivity contribution in [3.8, 4) is 0 Å². The third-order valence-corrected chi connectivity index (χ3v) is 6.26. The number of carboxylic acids is 1. The molecule has 0 saturated heterocycles. The summed E-state index contributed by atoms with van der Waals surface area (Å²) in [6.45, 7) is 3.43. The Balaban J connectivity index is 1.79. The molecule has 2 aromatic carbocycles. The van der Waals surface area contributed by atoms with Crippen LogP contribution in [0.1, 0.15) is 31.7 Å². The van der Waals surface area contributed by atoms with Gasteiger partial charge in [-0.3, -0.25) is 10.1 Å². The minimum atomic E-state index is -1.21. The number of thioether (sulfide) groups is 1. The Hall–Kier alpha value is -3.59. The lowest BCUT2D eigenvalue weighted by molar-refractivity contribution is -0.384. The quantitative estimate of drug-likeness (QED) is 0.180. The van der Waals surface area contributed by atoms with Gasteiger partial charge in [0.05, 0.1) is 28.6 Å². The monoisotopic (exact) mass is 468 g/mol. The number of rotatable bonds is 9. The molecule has 9 heteroatoms. The number of nitro benzene ring substituents is 1. The average molecular weight is 469 g/mol. The molecule has 2 N–H and O–H groups in total. The number of ether oxygens (including phenoxy) is 1. The first kappa shape index (κ1) is 24.1. The minimum absolute atomic E-state index is 0.0484. The van der Waals surface area contributed by atoms with Crippen molar-refractivity contribution in [3.63, 3.8) is 0 Å². The van der Waals surface area contributed by atoms with E-state index in [1.165, 1.54) is 18.2 Å². The highest BCUT2D eigenvalue weighted by Crippen LogP contribution is 2.39. The van der Waals surface area contributed by atoms with E-state index in [-0.39, 0.29) is 23.4 Å². The summed E-state index contributed by atoms with van der Waals surface area (Å²) in [7, 11) is 0. The zero-order chi connectivity index (χ0) is 24.0. The molecule has 1 heterocycles. The predicted molar refractivity (Wildman–Crippen MR) is 125 cm³/mol. The van der Waals surface area contributed by atoms with Crippen LogP contribution in [0.15, 0.2) is 82.0 Å². The number of dihydropyridines is 1. The number of hydrogen-bond acceptors (Lipinski definition) is 7. The van der Waals surface area contributed by atoms with E-state index in [1.807, 2.05) is 30.3 Å². The number of carbonyl (C=O) groups is 2. The molecule has 0 aromatic heterocycles. The van der Waals surface area contributed by atoms with Crippen molar-refractivity contribution in [1.82, 2.24) is 5.32 Å². The first-order valence-corrected chi connectivity index (χ1v) is 11.3. The van der Waals surface area contributed by atoms with Crippen molar-refractivity contribution >= 4 is 29.4 Å². The second-order valence-electron chi connectivity index (χ2n) is 7.44. The van der Waals surface area contributed by atoms with Crippen LogP contribution in [-0.2, 0) is 14.3 Å². The third kappa shape index (κ3) is 5.81. The van der Waals surface area contributed by atoms with Crippen molar-refractivity contribution in [2.24, 2.45) is 0 Å². The van der Waals surface area contributed by atoms with Crippen LogP contribution in [0.3, 0.4) is 0 Å². The minimum Gasteiger partial charge on any atom is -0.478 e. The highest BCUT2D eigenvalue weighted by Gasteiger charge is 2.37. The van der Waals surface area contributed by atoms with E-state index in [9.17, 15) is 24.8 Å². The summed E-state index contributed by atoms with van der Waals surface area (Å²) in [6.07, 6.45) is 0.618. The van der Waals surface area contributed by atoms with E-state index >= 15 is 0 Å². The molecule has 0 aliphatic carbocycles. The molecule has 1 unspecified atom stereocenters. The Bertz CT molecular complexity index is 1130. The normalized spacial score (nSPS) is 15.8. The van der Waals surface area contributed by atoms with Crippen LogP contribution in [0.5, 0.6) is 0 Å². The van der Waals surface area contributed by atoms with Crippen molar-refractivity contribution in [2.45, 2.75) is 31.1 Å². The van der Waals surface area contributed by atoms with Crippen LogP contribution in [-0.4, -0.2) is 34.3 Å². The van der Waals surface area contributed by atoms with E-state index in [0.717, 1.165) is 10.6 Å². The second kappa shape index (κ2) is 10.8. The molecule has 3 rings (SSSR count). The maximum Gasteiger partial charge on any atom is 0.336 e. The molecular formula is C24H24N2O6S. The predicted octanol–water partition coefficient (Wildman–Crippen LogP) is 4.64. The van der Waals surface area contributed by atoms with E-state index in [1.54, 1.807) is 31.7 Å². The molecule has 0 spiro atoms. The molecule has 2 aromatic rings. The maximum absolute atomic E-state index is 13.0. The fourth-order valence-electron chi connectivity index (χ4n) is 3.71. The van der Waals surface area contributed by atoms with Gasteiger partial charge in [0.15, 0.2) is 0 Å². The van der Waals surface area contributed by atoms with Crippen LogP contribution >= 0.6 is 11.8 Å². The van der Waals surface area contributed by atoms with Gasteiger partial charge in [-0.15, -0.1) is 11.8 Å². The molecule has 0 saturated carbocycles. The number of benzene rings is 2. The van der Waals surface area contributed by atoms with Gasteiger partial charge in [-0.05, 0) is 38.0 Å². The summed E-state index contributed by atoms with van der Waals surface area (Å²) in [5.74, 6) is -2.10. The Labute approximate surface area is 195 Å². The van der Waals surface area contributed by atoms with Gasteiger partial charge in [0.2, 0.25) is 0 Å². The largest absolute Gasteiger partial charge is 0.478 e. The van der Waals surface area contributed by atoms with Crippen LogP contribution < -0.4 is 5.32 Å². The van der Waals surface area contributed by atoms with Gasteiger partial charge in [0, 0.05) is 34.2 Å². The van der Waals surface area contributed by atoms with E-state index in [0.29, 0.717) is 23.4 Å². The number of non-ortho nitro benzene ring substituents is 1. The number of nitrogens with zero attached hydrogens (tertiary/aromatic N) is 1. The Kier molecular flexibility index (Phi) is 7.89. The SMILES string of the molecule is CC1=C(C(=O)O)C(c2cccc([N+](=O)[O-])c2)C(C(=O)OCCCSc2ccccc2)=C(C)N1. The van der Waals surface area contributed by atoms with Crippen molar-refractivity contribution < 1.29 is 24.4 Å². The van der Waals surface area contributed by atoms with E-state index in [2.05, 4.69) is 5.32 Å². The summed E-state index contributed by atoms with van der Waals surface area (Å²) in [5.41, 5.74) is 1.07. The number of allylic oxidation sites excluding steroid dienone is 2. The van der Waals surface area contributed by atoms with Crippen molar-refractivity contribution in [2.75, 3.05) is 12.4 Å². The van der Waals surface area contributed by atoms with Crippen LogP contribution in [0.2, 0.25) is 0 Å². The highest BCUT2D eigenvalue weighted by molar-refractivity contribution is 7.99. The molecular weight excluding hydrogens is 444 g/mol. The number of hydrogen-bond donors (Lipinski definition) is 2. The lowest BCUT2D eigenvalue weighted by Gasteiger charge is -2.29. The zero-order valence-electron chi connectivity index (χ0n) is 18.2. The molecule has 1 atom stereocenters. The fourth-order valence-corrected chi connectivity index (χ4v) is 4.56. The maximum atomic E-state index is 13.0. The summed E-state index contributed by atoms with van der Waals surface area (Å²) >= 11 is 1.65. The van der Waals surface area contributed by atoms with Gasteiger partial charge in [-0.1, -0.05) is 30.3 Å². The molecule has 1 aliphatic rings. The van der Waals surface area contributed by atoms with Crippen LogP contribution in [0, 0.1) is 10.1 Å². The lowest BCUT2D eigenvalue weighted by atomic mass is 9.80. The van der Waals surface area contributed by atoms with Gasteiger partial charge in [0.1, 0.15) is 0 Å². The van der Waals surface area contributed by atoms with Crippen molar-refractivity contribution in [1.29, 1.82) is 0 Å². The molecule has 0 fully saturated rings.